The van der Waals surface area contributed by atoms with Gasteiger partial charge in [-0.3, -0.25) is 4.79 Å². The van der Waals surface area contributed by atoms with Gasteiger partial charge in [0.05, 0.1) is 6.61 Å². The standard InChI is InChI=1S/C15H30N4O2/c1-17-7-4-13(5-8-17)18(2)9-10-19(3)15(20)14-12-16-6-11-21-14/h13-14,16H,4-12H2,1-3H3. The van der Waals surface area contributed by atoms with Crippen molar-refractivity contribution in [2.75, 3.05) is 67.0 Å². The summed E-state index contributed by atoms with van der Waals surface area (Å²) >= 11 is 0. The Kier molecular flexibility index (Phi) is 6.41. The number of morpholine rings is 1. The number of amides is 1. The van der Waals surface area contributed by atoms with Crippen LogP contribution in [-0.2, 0) is 9.53 Å². The number of ether oxygens (including phenoxy) is 1. The van der Waals surface area contributed by atoms with Crippen molar-refractivity contribution in [2.24, 2.45) is 0 Å². The molecule has 1 N–H and O–H groups in total. The Balaban J connectivity index is 1.70. The molecule has 6 heteroatoms. The lowest BCUT2D eigenvalue weighted by Crippen LogP contribution is -2.50. The van der Waals surface area contributed by atoms with Crippen LogP contribution in [-0.4, -0.2) is 99.8 Å². The molecule has 0 aromatic heterocycles. The lowest BCUT2D eigenvalue weighted by Gasteiger charge is -2.36. The van der Waals surface area contributed by atoms with Crippen LogP contribution in [0.3, 0.4) is 0 Å². The normalized spacial score (nSPS) is 25.2. The zero-order chi connectivity index (χ0) is 15.2. The molecule has 0 bridgehead atoms. The highest BCUT2D eigenvalue weighted by atomic mass is 16.5. The van der Waals surface area contributed by atoms with E-state index in [9.17, 15) is 4.79 Å². The van der Waals surface area contributed by atoms with Crippen LogP contribution in [0.4, 0.5) is 0 Å². The third-order valence-electron chi connectivity index (χ3n) is 4.68. The number of likely N-dealkylation sites (N-methyl/N-ethyl adjacent to an activating group) is 2. The van der Waals surface area contributed by atoms with E-state index in [1.54, 1.807) is 0 Å². The van der Waals surface area contributed by atoms with Crippen LogP contribution in [0, 0.1) is 0 Å². The van der Waals surface area contributed by atoms with Crippen LogP contribution >= 0.6 is 0 Å². The molecule has 1 unspecified atom stereocenters. The third-order valence-corrected chi connectivity index (χ3v) is 4.68. The number of carbonyl (C=O) groups is 1. The zero-order valence-electron chi connectivity index (χ0n) is 13.7. The Labute approximate surface area is 128 Å². The SMILES string of the molecule is CN1CCC(N(C)CCN(C)C(=O)C2CNCCO2)CC1. The minimum absolute atomic E-state index is 0.0963. The van der Waals surface area contributed by atoms with Gasteiger partial charge in [-0.1, -0.05) is 0 Å². The largest absolute Gasteiger partial charge is 0.366 e. The second-order valence-electron chi connectivity index (χ2n) is 6.34. The molecule has 2 saturated heterocycles. The first kappa shape index (κ1) is 16.7. The van der Waals surface area contributed by atoms with Crippen molar-refractivity contribution in [3.05, 3.63) is 0 Å². The van der Waals surface area contributed by atoms with Crippen molar-refractivity contribution in [1.82, 2.24) is 20.0 Å². The highest BCUT2D eigenvalue weighted by Gasteiger charge is 2.26. The highest BCUT2D eigenvalue weighted by Crippen LogP contribution is 2.13. The first-order valence-corrected chi connectivity index (χ1v) is 8.04. The molecular formula is C15H30N4O2. The van der Waals surface area contributed by atoms with E-state index in [1.807, 2.05) is 11.9 Å². The van der Waals surface area contributed by atoms with Gasteiger partial charge in [0.25, 0.3) is 5.91 Å². The van der Waals surface area contributed by atoms with Gasteiger partial charge in [-0.25, -0.2) is 0 Å². The number of nitrogens with one attached hydrogen (secondary N) is 1. The van der Waals surface area contributed by atoms with Crippen molar-refractivity contribution in [3.63, 3.8) is 0 Å². The maximum absolute atomic E-state index is 12.3. The van der Waals surface area contributed by atoms with Crippen molar-refractivity contribution in [1.29, 1.82) is 0 Å². The van der Waals surface area contributed by atoms with Crippen molar-refractivity contribution in [3.8, 4) is 0 Å². The van der Waals surface area contributed by atoms with Gasteiger partial charge in [0.2, 0.25) is 0 Å². The Bertz CT molecular complexity index is 326. The van der Waals surface area contributed by atoms with Crippen molar-refractivity contribution >= 4 is 5.91 Å². The number of hydrogen-bond acceptors (Lipinski definition) is 5. The molecule has 2 heterocycles. The molecular weight excluding hydrogens is 268 g/mol. The Hall–Kier alpha value is -0.690. The van der Waals surface area contributed by atoms with E-state index >= 15 is 0 Å². The van der Waals surface area contributed by atoms with Gasteiger partial charge in [0.1, 0.15) is 6.10 Å². The Morgan fingerprint density at radius 1 is 1.29 bits per heavy atom. The minimum Gasteiger partial charge on any atom is -0.366 e. The molecule has 0 spiro atoms. The van der Waals surface area contributed by atoms with Gasteiger partial charge >= 0.3 is 0 Å². The number of likely N-dealkylation sites (tertiary alicyclic amines) is 1. The van der Waals surface area contributed by atoms with E-state index in [0.717, 1.165) is 19.6 Å². The number of hydrogen-bond donors (Lipinski definition) is 1. The Morgan fingerprint density at radius 3 is 2.62 bits per heavy atom. The average molecular weight is 298 g/mol. The van der Waals surface area contributed by atoms with E-state index in [1.165, 1.54) is 25.9 Å². The fourth-order valence-corrected chi connectivity index (χ4v) is 3.01. The lowest BCUT2D eigenvalue weighted by atomic mass is 10.0. The Morgan fingerprint density at radius 2 is 2.00 bits per heavy atom. The molecule has 2 aliphatic heterocycles. The number of piperidine rings is 1. The average Bonchev–Trinajstić information content (AvgIpc) is 2.53. The fraction of sp³-hybridized carbons (Fsp3) is 0.933. The second kappa shape index (κ2) is 8.08. The summed E-state index contributed by atoms with van der Waals surface area (Å²) in [5.74, 6) is 0.0963. The summed E-state index contributed by atoms with van der Waals surface area (Å²) in [5, 5.41) is 3.20. The van der Waals surface area contributed by atoms with Gasteiger partial charge in [-0.05, 0) is 40.0 Å². The van der Waals surface area contributed by atoms with Crippen molar-refractivity contribution < 1.29 is 9.53 Å². The highest BCUT2D eigenvalue weighted by molar-refractivity contribution is 5.81. The number of rotatable bonds is 5. The monoisotopic (exact) mass is 298 g/mol. The molecule has 0 aromatic carbocycles. The summed E-state index contributed by atoms with van der Waals surface area (Å²) in [6, 6.07) is 0.650. The van der Waals surface area contributed by atoms with Gasteiger partial charge < -0.3 is 24.8 Å². The summed E-state index contributed by atoms with van der Waals surface area (Å²) in [6.07, 6.45) is 2.14. The summed E-state index contributed by atoms with van der Waals surface area (Å²) in [6.45, 7) is 6.13. The molecule has 122 valence electrons. The van der Waals surface area contributed by atoms with E-state index in [4.69, 9.17) is 4.74 Å². The van der Waals surface area contributed by atoms with Gasteiger partial charge in [0, 0.05) is 39.3 Å². The third kappa shape index (κ3) is 4.92. The quantitative estimate of drug-likeness (QED) is 0.739. The smallest absolute Gasteiger partial charge is 0.252 e. The number of carbonyl (C=O) groups excluding carboxylic acids is 1. The molecule has 1 amide bonds. The van der Waals surface area contributed by atoms with Gasteiger partial charge in [-0.15, -0.1) is 0 Å². The molecule has 0 aliphatic carbocycles. The first-order valence-electron chi connectivity index (χ1n) is 8.04. The molecule has 2 fully saturated rings. The molecule has 21 heavy (non-hydrogen) atoms. The van der Waals surface area contributed by atoms with Crippen LogP contribution in [0.15, 0.2) is 0 Å². The van der Waals surface area contributed by atoms with Crippen molar-refractivity contribution in [2.45, 2.75) is 25.0 Å². The second-order valence-corrected chi connectivity index (χ2v) is 6.34. The molecule has 1 atom stereocenters. The van der Waals surface area contributed by atoms with E-state index in [-0.39, 0.29) is 12.0 Å². The maximum atomic E-state index is 12.3. The lowest BCUT2D eigenvalue weighted by molar-refractivity contribution is -0.144. The predicted octanol–water partition coefficient (Wildman–Crippen LogP) is -0.541. The molecule has 6 nitrogen and oxygen atoms in total. The maximum Gasteiger partial charge on any atom is 0.252 e. The summed E-state index contributed by atoms with van der Waals surface area (Å²) in [7, 11) is 6.23. The fourth-order valence-electron chi connectivity index (χ4n) is 3.01. The van der Waals surface area contributed by atoms with E-state index in [0.29, 0.717) is 19.2 Å². The van der Waals surface area contributed by atoms with Gasteiger partial charge in [-0.2, -0.15) is 0 Å². The first-order chi connectivity index (χ1) is 10.1. The van der Waals surface area contributed by atoms with E-state index < -0.39 is 0 Å². The molecule has 0 radical (unpaired) electrons. The van der Waals surface area contributed by atoms with Crippen LogP contribution < -0.4 is 5.32 Å². The van der Waals surface area contributed by atoms with Crippen LogP contribution in [0.1, 0.15) is 12.8 Å². The molecule has 0 saturated carbocycles. The van der Waals surface area contributed by atoms with Crippen LogP contribution in [0.5, 0.6) is 0 Å². The topological polar surface area (TPSA) is 48.0 Å². The summed E-state index contributed by atoms with van der Waals surface area (Å²) in [4.78, 5) is 18.9. The molecule has 0 aromatic rings. The zero-order valence-corrected chi connectivity index (χ0v) is 13.7. The summed E-state index contributed by atoms with van der Waals surface area (Å²) in [5.41, 5.74) is 0. The van der Waals surface area contributed by atoms with Gasteiger partial charge in [0.15, 0.2) is 0 Å². The van der Waals surface area contributed by atoms with Crippen LogP contribution in [0.2, 0.25) is 0 Å². The number of nitrogens with zero attached hydrogens (tertiary/aromatic N) is 3. The molecule has 2 aliphatic rings. The molecule has 2 rings (SSSR count). The minimum atomic E-state index is -0.308. The van der Waals surface area contributed by atoms with E-state index in [2.05, 4.69) is 29.2 Å². The van der Waals surface area contributed by atoms with Crippen LogP contribution in [0.25, 0.3) is 0 Å². The predicted molar refractivity (Wildman–Crippen MR) is 83.4 cm³/mol. The summed E-state index contributed by atoms with van der Waals surface area (Å²) < 4.78 is 5.52.